The summed E-state index contributed by atoms with van der Waals surface area (Å²) in [6, 6.07) is 1.34. The van der Waals surface area contributed by atoms with Crippen LogP contribution in [0.25, 0.3) is 10.9 Å². The average Bonchev–Trinajstić information content (AvgIpc) is 2.89. The fourth-order valence-electron chi connectivity index (χ4n) is 5.21. The predicted octanol–water partition coefficient (Wildman–Crippen LogP) is 3.73. The van der Waals surface area contributed by atoms with Crippen molar-refractivity contribution in [2.24, 2.45) is 15.9 Å². The van der Waals surface area contributed by atoms with E-state index < -0.39 is 6.03 Å². The summed E-state index contributed by atoms with van der Waals surface area (Å²) in [6.07, 6.45) is 4.68. The number of hydrogen-bond donors (Lipinski definition) is 0. The molecule has 186 valence electrons. The number of aromatic nitrogens is 2. The standard InChI is InChI=1S/C26H27N5O5/c1-13-10-17-19(14(2)22(13)32)20(30-26(33)29-17)15-6-8-31(9-7-15)25-16-11-18(34-3)23(35-4)24(36-5)21(16)27-12-28-25/h10-12,15H,6-9H2,1-5H3. The van der Waals surface area contributed by atoms with Crippen LogP contribution < -0.4 is 19.1 Å². The van der Waals surface area contributed by atoms with Gasteiger partial charge in [-0.25, -0.2) is 14.8 Å². The number of rotatable bonds is 5. The monoisotopic (exact) mass is 489 g/mol. The molecular weight excluding hydrogens is 462 g/mol. The third-order valence-corrected chi connectivity index (χ3v) is 6.96. The molecule has 3 heterocycles. The maximum atomic E-state index is 12.6. The smallest absolute Gasteiger partial charge is 0.367 e. The van der Waals surface area contributed by atoms with E-state index in [0.717, 1.165) is 24.0 Å². The summed E-state index contributed by atoms with van der Waals surface area (Å²) in [7, 11) is 4.70. The van der Waals surface area contributed by atoms with Crippen molar-refractivity contribution < 1.29 is 23.8 Å². The normalized spacial score (nSPS) is 18.6. The molecule has 0 atom stereocenters. The first-order chi connectivity index (χ1) is 17.4. The van der Waals surface area contributed by atoms with Gasteiger partial charge in [-0.05, 0) is 44.4 Å². The highest BCUT2D eigenvalue weighted by atomic mass is 16.5. The zero-order valence-electron chi connectivity index (χ0n) is 20.9. The SMILES string of the molecule is COc1cc2c(N3CCC(C4=NC(=O)N=C5C=C(C)C(=O)C(C)=C54)CC3)ncnc2c(OC)c1OC. The van der Waals surface area contributed by atoms with Gasteiger partial charge < -0.3 is 19.1 Å². The van der Waals surface area contributed by atoms with E-state index >= 15 is 0 Å². The number of amides is 2. The largest absolute Gasteiger partial charge is 0.493 e. The Morgan fingerprint density at radius 2 is 1.67 bits per heavy atom. The highest BCUT2D eigenvalue weighted by molar-refractivity contribution is 6.40. The molecule has 3 aliphatic rings. The van der Waals surface area contributed by atoms with Crippen LogP contribution in [-0.4, -0.2) is 67.6 Å². The molecular formula is C26H27N5O5. The van der Waals surface area contributed by atoms with Crippen LogP contribution >= 0.6 is 0 Å². The molecule has 1 aromatic heterocycles. The van der Waals surface area contributed by atoms with Gasteiger partial charge in [0, 0.05) is 30.2 Å². The molecule has 2 amide bonds. The summed E-state index contributed by atoms with van der Waals surface area (Å²) in [5, 5.41) is 0.794. The van der Waals surface area contributed by atoms with E-state index in [1.165, 1.54) is 6.33 Å². The van der Waals surface area contributed by atoms with Crippen LogP contribution in [0.4, 0.5) is 10.6 Å². The Morgan fingerprint density at radius 1 is 0.944 bits per heavy atom. The lowest BCUT2D eigenvalue weighted by Gasteiger charge is -2.35. The molecule has 36 heavy (non-hydrogen) atoms. The molecule has 0 N–H and O–H groups in total. The number of methoxy groups -OCH3 is 3. The molecule has 0 saturated carbocycles. The van der Waals surface area contributed by atoms with Crippen molar-refractivity contribution in [1.29, 1.82) is 0 Å². The molecule has 1 aliphatic carbocycles. The van der Waals surface area contributed by atoms with Gasteiger partial charge in [0.15, 0.2) is 17.3 Å². The number of benzene rings is 1. The molecule has 0 radical (unpaired) electrons. The van der Waals surface area contributed by atoms with Gasteiger partial charge in [0.2, 0.25) is 5.75 Å². The Kier molecular flexibility index (Phi) is 6.03. The van der Waals surface area contributed by atoms with Crippen molar-refractivity contribution in [3.05, 3.63) is 35.2 Å². The van der Waals surface area contributed by atoms with Crippen LogP contribution in [0, 0.1) is 5.92 Å². The van der Waals surface area contributed by atoms with Gasteiger partial charge in [-0.2, -0.15) is 9.98 Å². The zero-order chi connectivity index (χ0) is 25.6. The summed E-state index contributed by atoms with van der Waals surface area (Å²) in [6.45, 7) is 4.89. The first-order valence-corrected chi connectivity index (χ1v) is 11.7. The van der Waals surface area contributed by atoms with Gasteiger partial charge in [-0.15, -0.1) is 0 Å². The summed E-state index contributed by atoms with van der Waals surface area (Å²) < 4.78 is 16.6. The Bertz CT molecular complexity index is 1410. The number of fused-ring (bicyclic) bond motifs is 2. The second kappa shape index (κ2) is 9.18. The number of Topliss-reactive ketones (excluding diaryl/α,β-unsaturated/α-hetero) is 1. The highest BCUT2D eigenvalue weighted by Crippen LogP contribution is 2.44. The molecule has 0 bridgehead atoms. The van der Waals surface area contributed by atoms with Crippen LogP contribution in [0.15, 0.2) is 45.2 Å². The summed E-state index contributed by atoms with van der Waals surface area (Å²) >= 11 is 0. The minimum absolute atomic E-state index is 0.0255. The zero-order valence-corrected chi connectivity index (χ0v) is 20.9. The van der Waals surface area contributed by atoms with Crippen LogP contribution in [0.2, 0.25) is 0 Å². The number of hydrogen-bond acceptors (Lipinski definition) is 8. The number of carbonyl (C=O) groups is 2. The first kappa shape index (κ1) is 23.7. The van der Waals surface area contributed by atoms with Crippen molar-refractivity contribution >= 4 is 40.0 Å². The molecule has 1 saturated heterocycles. The lowest BCUT2D eigenvalue weighted by Crippen LogP contribution is -2.40. The number of anilines is 1. The van der Waals surface area contributed by atoms with E-state index in [1.54, 1.807) is 41.3 Å². The number of ether oxygens (including phenoxy) is 3. The number of urea groups is 1. The number of piperidine rings is 1. The third kappa shape index (κ3) is 3.73. The first-order valence-electron chi connectivity index (χ1n) is 11.7. The van der Waals surface area contributed by atoms with Crippen molar-refractivity contribution in [1.82, 2.24) is 9.97 Å². The molecule has 0 unspecified atom stereocenters. The lowest BCUT2D eigenvalue weighted by atomic mass is 9.80. The number of allylic oxidation sites excluding steroid dienone is 4. The van der Waals surface area contributed by atoms with Crippen LogP contribution in [0.3, 0.4) is 0 Å². The lowest BCUT2D eigenvalue weighted by molar-refractivity contribution is -0.112. The van der Waals surface area contributed by atoms with Crippen LogP contribution in [-0.2, 0) is 4.79 Å². The van der Waals surface area contributed by atoms with Crippen molar-refractivity contribution in [2.45, 2.75) is 26.7 Å². The van der Waals surface area contributed by atoms with Crippen molar-refractivity contribution in [2.75, 3.05) is 39.3 Å². The van der Waals surface area contributed by atoms with Gasteiger partial charge in [0.1, 0.15) is 17.7 Å². The van der Waals surface area contributed by atoms with E-state index in [2.05, 4.69) is 24.9 Å². The molecule has 5 rings (SSSR count). The second-order valence-corrected chi connectivity index (χ2v) is 8.93. The molecule has 10 nitrogen and oxygen atoms in total. The van der Waals surface area contributed by atoms with Crippen LogP contribution in [0.1, 0.15) is 26.7 Å². The second-order valence-electron chi connectivity index (χ2n) is 8.93. The number of carbonyl (C=O) groups excluding carboxylic acids is 2. The van der Waals surface area contributed by atoms with Gasteiger partial charge in [0.25, 0.3) is 0 Å². The Balaban J connectivity index is 1.45. The van der Waals surface area contributed by atoms with Crippen molar-refractivity contribution in [3.8, 4) is 17.2 Å². The number of aliphatic imine (C=N–C) groups is 2. The molecule has 2 aliphatic heterocycles. The molecule has 2 aromatic rings. The molecule has 1 aromatic carbocycles. The quantitative estimate of drug-likeness (QED) is 0.584. The number of ketones is 1. The summed E-state index contributed by atoms with van der Waals surface area (Å²) in [4.78, 5) is 44.5. The van der Waals surface area contributed by atoms with Gasteiger partial charge >= 0.3 is 6.03 Å². The fourth-order valence-corrected chi connectivity index (χ4v) is 5.21. The van der Waals surface area contributed by atoms with Gasteiger partial charge in [-0.1, -0.05) is 0 Å². The van der Waals surface area contributed by atoms with E-state index in [4.69, 9.17) is 14.2 Å². The summed E-state index contributed by atoms with van der Waals surface area (Å²) in [5.74, 6) is 2.25. The maximum absolute atomic E-state index is 12.6. The Hall–Kier alpha value is -4.08. The van der Waals surface area contributed by atoms with E-state index in [1.807, 2.05) is 6.07 Å². The average molecular weight is 490 g/mol. The maximum Gasteiger partial charge on any atom is 0.367 e. The predicted molar refractivity (Wildman–Crippen MR) is 136 cm³/mol. The van der Waals surface area contributed by atoms with Gasteiger partial charge in [0.05, 0.1) is 38.1 Å². The minimum Gasteiger partial charge on any atom is -0.493 e. The topological polar surface area (TPSA) is 116 Å². The molecule has 10 heteroatoms. The number of nitrogens with zero attached hydrogens (tertiary/aromatic N) is 5. The Morgan fingerprint density at radius 3 is 2.33 bits per heavy atom. The van der Waals surface area contributed by atoms with Crippen molar-refractivity contribution in [3.63, 3.8) is 0 Å². The highest BCUT2D eigenvalue weighted by Gasteiger charge is 2.35. The Labute approximate surface area is 208 Å². The van der Waals surface area contributed by atoms with Crippen LogP contribution in [0.5, 0.6) is 17.2 Å². The third-order valence-electron chi connectivity index (χ3n) is 6.96. The van der Waals surface area contributed by atoms with Gasteiger partial charge in [-0.3, -0.25) is 4.79 Å². The van der Waals surface area contributed by atoms with E-state index in [9.17, 15) is 9.59 Å². The molecule has 1 fully saturated rings. The van der Waals surface area contributed by atoms with E-state index in [-0.39, 0.29) is 11.7 Å². The molecule has 0 spiro atoms. The van der Waals surface area contributed by atoms with E-state index in [0.29, 0.717) is 64.0 Å². The summed E-state index contributed by atoms with van der Waals surface area (Å²) in [5.41, 5.74) is 3.72. The minimum atomic E-state index is -0.521. The fraction of sp³-hybridized carbons (Fsp3) is 0.385.